The van der Waals surface area contributed by atoms with E-state index in [1.165, 1.54) is 4.90 Å². The van der Waals surface area contributed by atoms with Gasteiger partial charge >= 0.3 is 0 Å². The SMILES string of the molecule is CCC(C)Oc1cc(N2C(=O)CC(=C(C)C)C2=O)ccc1Cl. The summed E-state index contributed by atoms with van der Waals surface area (Å²) in [4.78, 5) is 25.8. The van der Waals surface area contributed by atoms with Crippen molar-refractivity contribution < 1.29 is 14.3 Å². The number of halogens is 1. The molecule has 0 aromatic heterocycles. The molecule has 2 rings (SSSR count). The first kappa shape index (κ1) is 16.6. The smallest absolute Gasteiger partial charge is 0.261 e. The molecule has 0 bridgehead atoms. The fourth-order valence-corrected chi connectivity index (χ4v) is 2.39. The molecule has 1 atom stereocenters. The van der Waals surface area contributed by atoms with Crippen LogP contribution < -0.4 is 9.64 Å². The van der Waals surface area contributed by atoms with Crippen LogP contribution in [-0.4, -0.2) is 17.9 Å². The molecule has 1 fully saturated rings. The second kappa shape index (κ2) is 6.53. The average Bonchev–Trinajstić information content (AvgIpc) is 2.76. The number of hydrogen-bond acceptors (Lipinski definition) is 3. The van der Waals surface area contributed by atoms with Crippen molar-refractivity contribution in [1.29, 1.82) is 0 Å². The Kier molecular flexibility index (Phi) is 4.91. The van der Waals surface area contributed by atoms with E-state index in [1.807, 2.05) is 27.7 Å². The number of carbonyl (C=O) groups excluding carboxylic acids is 2. The van der Waals surface area contributed by atoms with Crippen molar-refractivity contribution in [2.24, 2.45) is 0 Å². The molecule has 1 aromatic carbocycles. The Morgan fingerprint density at radius 2 is 2.05 bits per heavy atom. The molecule has 0 spiro atoms. The van der Waals surface area contributed by atoms with E-state index in [-0.39, 0.29) is 24.3 Å². The predicted molar refractivity (Wildman–Crippen MR) is 87.3 cm³/mol. The Labute approximate surface area is 135 Å². The molecule has 0 N–H and O–H groups in total. The molecule has 1 unspecified atom stereocenters. The van der Waals surface area contributed by atoms with Crippen molar-refractivity contribution in [2.75, 3.05) is 4.90 Å². The fourth-order valence-electron chi connectivity index (χ4n) is 2.23. The fraction of sp³-hybridized carbons (Fsp3) is 0.412. The number of anilines is 1. The highest BCUT2D eigenvalue weighted by atomic mass is 35.5. The number of ether oxygens (including phenoxy) is 1. The quantitative estimate of drug-likeness (QED) is 0.619. The summed E-state index contributed by atoms with van der Waals surface area (Å²) in [5.74, 6) is -0.000378. The van der Waals surface area contributed by atoms with Crippen LogP contribution in [0.15, 0.2) is 29.3 Å². The normalized spacial score (nSPS) is 16.2. The maximum atomic E-state index is 12.4. The van der Waals surface area contributed by atoms with Crippen molar-refractivity contribution >= 4 is 29.1 Å². The van der Waals surface area contributed by atoms with E-state index in [0.717, 1.165) is 12.0 Å². The van der Waals surface area contributed by atoms with Crippen LogP contribution in [0, 0.1) is 0 Å². The van der Waals surface area contributed by atoms with Crippen molar-refractivity contribution in [2.45, 2.75) is 46.6 Å². The first-order valence-electron chi connectivity index (χ1n) is 7.35. The van der Waals surface area contributed by atoms with Gasteiger partial charge in [0.05, 0.1) is 23.2 Å². The number of rotatable bonds is 4. The van der Waals surface area contributed by atoms with Gasteiger partial charge in [-0.3, -0.25) is 9.59 Å². The van der Waals surface area contributed by atoms with E-state index in [2.05, 4.69) is 0 Å². The molecule has 118 valence electrons. The zero-order valence-corrected chi connectivity index (χ0v) is 14.0. The number of nitrogens with zero attached hydrogens (tertiary/aromatic N) is 1. The summed E-state index contributed by atoms with van der Waals surface area (Å²) in [6.07, 6.45) is 0.987. The highest BCUT2D eigenvalue weighted by Gasteiger charge is 2.35. The van der Waals surface area contributed by atoms with Crippen LogP contribution >= 0.6 is 11.6 Å². The molecule has 1 heterocycles. The summed E-state index contributed by atoms with van der Waals surface area (Å²) in [6.45, 7) is 7.63. The highest BCUT2D eigenvalue weighted by molar-refractivity contribution is 6.32. The minimum absolute atomic E-state index is 0.00562. The van der Waals surface area contributed by atoms with E-state index >= 15 is 0 Å². The lowest BCUT2D eigenvalue weighted by Gasteiger charge is -2.18. The third-order valence-corrected chi connectivity index (χ3v) is 4.03. The first-order chi connectivity index (χ1) is 10.3. The molecular formula is C17H20ClNO3. The summed E-state index contributed by atoms with van der Waals surface area (Å²) in [7, 11) is 0. The van der Waals surface area contributed by atoms with Gasteiger partial charge in [0, 0.05) is 11.6 Å². The van der Waals surface area contributed by atoms with Crippen LogP contribution in [0.5, 0.6) is 5.75 Å². The Bertz CT molecular complexity index is 647. The maximum Gasteiger partial charge on any atom is 0.261 e. The summed E-state index contributed by atoms with van der Waals surface area (Å²) >= 11 is 6.13. The van der Waals surface area contributed by atoms with Crippen LogP contribution in [0.1, 0.15) is 40.5 Å². The minimum Gasteiger partial charge on any atom is -0.489 e. The largest absolute Gasteiger partial charge is 0.489 e. The molecule has 22 heavy (non-hydrogen) atoms. The van der Waals surface area contributed by atoms with Crippen LogP contribution in [0.2, 0.25) is 5.02 Å². The van der Waals surface area contributed by atoms with Gasteiger partial charge in [-0.05, 0) is 39.3 Å². The lowest BCUT2D eigenvalue weighted by Crippen LogP contribution is -2.29. The number of amides is 2. The van der Waals surface area contributed by atoms with Crippen LogP contribution in [0.25, 0.3) is 0 Å². The average molecular weight is 322 g/mol. The van der Waals surface area contributed by atoms with Gasteiger partial charge in [-0.25, -0.2) is 4.90 Å². The van der Waals surface area contributed by atoms with Gasteiger partial charge in [0.1, 0.15) is 5.75 Å². The Balaban J connectivity index is 2.37. The van der Waals surface area contributed by atoms with Crippen molar-refractivity contribution in [3.05, 3.63) is 34.4 Å². The molecule has 2 amide bonds. The van der Waals surface area contributed by atoms with Gasteiger partial charge in [0.2, 0.25) is 5.91 Å². The maximum absolute atomic E-state index is 12.4. The second-order valence-electron chi connectivity index (χ2n) is 5.64. The summed E-state index contributed by atoms with van der Waals surface area (Å²) in [6, 6.07) is 4.96. The van der Waals surface area contributed by atoms with E-state index in [0.29, 0.717) is 22.0 Å². The molecule has 1 aliphatic heterocycles. The standard InChI is InChI=1S/C17H20ClNO3/c1-5-11(4)22-15-8-12(6-7-14(15)18)19-16(20)9-13(10(2)3)17(19)21/h6-8,11H,5,9H2,1-4H3. The Morgan fingerprint density at radius 3 is 2.59 bits per heavy atom. The van der Waals surface area contributed by atoms with Gasteiger partial charge < -0.3 is 4.74 Å². The molecule has 5 heteroatoms. The molecular weight excluding hydrogens is 302 g/mol. The summed E-state index contributed by atoms with van der Waals surface area (Å²) in [5.41, 5.74) is 1.92. The molecule has 0 saturated carbocycles. The van der Waals surface area contributed by atoms with Gasteiger partial charge in [0.25, 0.3) is 5.91 Å². The highest BCUT2D eigenvalue weighted by Crippen LogP contribution is 2.34. The molecule has 0 aliphatic carbocycles. The minimum atomic E-state index is -0.262. The van der Waals surface area contributed by atoms with E-state index in [1.54, 1.807) is 18.2 Å². The van der Waals surface area contributed by atoms with E-state index in [9.17, 15) is 9.59 Å². The number of benzene rings is 1. The predicted octanol–water partition coefficient (Wildman–Crippen LogP) is 4.12. The number of allylic oxidation sites excluding steroid dienone is 1. The topological polar surface area (TPSA) is 46.6 Å². The van der Waals surface area contributed by atoms with Gasteiger partial charge in [-0.1, -0.05) is 24.1 Å². The number of hydrogen-bond donors (Lipinski definition) is 0. The number of imide groups is 1. The summed E-state index contributed by atoms with van der Waals surface area (Å²) < 4.78 is 5.75. The van der Waals surface area contributed by atoms with Crippen molar-refractivity contribution in [1.82, 2.24) is 0 Å². The Hall–Kier alpha value is -1.81. The van der Waals surface area contributed by atoms with Crippen LogP contribution in [-0.2, 0) is 9.59 Å². The zero-order chi connectivity index (χ0) is 16.4. The molecule has 4 nitrogen and oxygen atoms in total. The van der Waals surface area contributed by atoms with Crippen LogP contribution in [0.3, 0.4) is 0 Å². The molecule has 1 aliphatic rings. The van der Waals surface area contributed by atoms with E-state index in [4.69, 9.17) is 16.3 Å². The third kappa shape index (κ3) is 3.17. The van der Waals surface area contributed by atoms with Crippen molar-refractivity contribution in [3.8, 4) is 5.75 Å². The zero-order valence-electron chi connectivity index (χ0n) is 13.3. The molecule has 0 radical (unpaired) electrons. The van der Waals surface area contributed by atoms with Crippen molar-refractivity contribution in [3.63, 3.8) is 0 Å². The summed E-state index contributed by atoms with van der Waals surface area (Å²) in [5, 5.41) is 0.464. The third-order valence-electron chi connectivity index (χ3n) is 3.72. The second-order valence-corrected chi connectivity index (χ2v) is 6.05. The first-order valence-corrected chi connectivity index (χ1v) is 7.72. The molecule has 1 saturated heterocycles. The Morgan fingerprint density at radius 1 is 1.36 bits per heavy atom. The van der Waals surface area contributed by atoms with E-state index < -0.39 is 0 Å². The van der Waals surface area contributed by atoms with Crippen LogP contribution in [0.4, 0.5) is 5.69 Å². The van der Waals surface area contributed by atoms with Gasteiger partial charge in [-0.2, -0.15) is 0 Å². The van der Waals surface area contributed by atoms with Gasteiger partial charge in [-0.15, -0.1) is 0 Å². The monoisotopic (exact) mass is 321 g/mol. The van der Waals surface area contributed by atoms with Gasteiger partial charge in [0.15, 0.2) is 0 Å². The lowest BCUT2D eigenvalue weighted by atomic mass is 10.1. The lowest BCUT2D eigenvalue weighted by molar-refractivity contribution is -0.120. The molecule has 1 aromatic rings. The number of carbonyl (C=O) groups is 2.